The van der Waals surface area contributed by atoms with Crippen LogP contribution < -0.4 is 0 Å². The molecule has 0 heterocycles. The van der Waals surface area contributed by atoms with Gasteiger partial charge in [0.15, 0.2) is 0 Å². The van der Waals surface area contributed by atoms with Crippen LogP contribution in [0.1, 0.15) is 64.7 Å². The summed E-state index contributed by atoms with van der Waals surface area (Å²) in [6, 6.07) is 0. The van der Waals surface area contributed by atoms with E-state index in [1.165, 1.54) is 65.7 Å². The summed E-state index contributed by atoms with van der Waals surface area (Å²) in [7, 11) is 5.32. The molecular formula is C11H25P3. The second-order valence-corrected chi connectivity index (χ2v) is 8.46. The standard InChI is InChI=1S/C11H25P3/c1-2-3-4-5-6-7-8-9-10-11-13-14-12/h11,14H,2-10,12H2,1H3. The second kappa shape index (κ2) is 14.0. The van der Waals surface area contributed by atoms with Gasteiger partial charge in [-0.1, -0.05) is 65.6 Å². The van der Waals surface area contributed by atoms with Crippen molar-refractivity contribution in [3.63, 3.8) is 0 Å². The van der Waals surface area contributed by atoms with Gasteiger partial charge in [-0.15, -0.1) is 8.93 Å². The van der Waals surface area contributed by atoms with Gasteiger partial charge in [-0.25, -0.2) is 0 Å². The summed E-state index contributed by atoms with van der Waals surface area (Å²) in [6.45, 7) is 2.28. The van der Waals surface area contributed by atoms with Crippen LogP contribution in [0.2, 0.25) is 0 Å². The molecule has 0 bridgehead atoms. The average Bonchev–Trinajstić information content (AvgIpc) is 2.21. The molecule has 0 saturated heterocycles. The first kappa shape index (κ1) is 15.0. The number of unbranched alkanes of at least 4 members (excludes halogenated alkanes) is 8. The van der Waals surface area contributed by atoms with Crippen LogP contribution in [0.3, 0.4) is 0 Å². The fraction of sp³-hybridized carbons (Fsp3) is 0.909. The third kappa shape index (κ3) is 13.0. The van der Waals surface area contributed by atoms with E-state index in [2.05, 4.69) is 21.6 Å². The molecule has 0 spiro atoms. The van der Waals surface area contributed by atoms with Gasteiger partial charge in [0.05, 0.1) is 0 Å². The maximum Gasteiger partial charge on any atom is -0.0304 e. The molecule has 0 aliphatic carbocycles. The molecule has 0 fully saturated rings. The van der Waals surface area contributed by atoms with Gasteiger partial charge in [0.25, 0.3) is 0 Å². The van der Waals surface area contributed by atoms with Gasteiger partial charge in [-0.05, 0) is 20.8 Å². The van der Waals surface area contributed by atoms with E-state index in [1.54, 1.807) is 0 Å². The van der Waals surface area contributed by atoms with Gasteiger partial charge in [0, 0.05) is 0 Å². The topological polar surface area (TPSA) is 0 Å². The molecule has 0 amide bonds. The maximum atomic E-state index is 2.79. The Morgan fingerprint density at radius 1 is 1.00 bits per heavy atom. The molecule has 2 atom stereocenters. The highest BCUT2D eigenvalue weighted by molar-refractivity contribution is 8.38. The van der Waals surface area contributed by atoms with Gasteiger partial charge in [-0.3, -0.25) is 0 Å². The number of hydrogen-bond donors (Lipinski definition) is 0. The summed E-state index contributed by atoms with van der Waals surface area (Å²) in [5, 5.41) is 0. The highest BCUT2D eigenvalue weighted by Gasteiger charge is 1.89. The van der Waals surface area contributed by atoms with Gasteiger partial charge < -0.3 is 0 Å². The minimum Gasteiger partial charge on any atom is -0.106 e. The van der Waals surface area contributed by atoms with Gasteiger partial charge in [-0.2, -0.15) is 0 Å². The monoisotopic (exact) mass is 250 g/mol. The Balaban J connectivity index is 2.88. The third-order valence-electron chi connectivity index (χ3n) is 2.35. The normalized spacial score (nSPS) is 12.1. The lowest BCUT2D eigenvalue weighted by Crippen LogP contribution is -1.80. The second-order valence-electron chi connectivity index (χ2n) is 3.70. The highest BCUT2D eigenvalue weighted by atomic mass is 32.4. The summed E-state index contributed by atoms with van der Waals surface area (Å²) in [5.74, 6) is 2.42. The van der Waals surface area contributed by atoms with Crippen LogP contribution >= 0.6 is 24.8 Å². The number of rotatable bonds is 10. The van der Waals surface area contributed by atoms with E-state index in [9.17, 15) is 0 Å². The van der Waals surface area contributed by atoms with E-state index in [-0.39, 0.29) is 0 Å². The van der Waals surface area contributed by atoms with Crippen LogP contribution in [0.5, 0.6) is 0 Å². The summed E-state index contributed by atoms with van der Waals surface area (Å²) in [5.41, 5.74) is 0. The summed E-state index contributed by atoms with van der Waals surface area (Å²) >= 11 is 0. The largest absolute Gasteiger partial charge is 0.106 e. The lowest BCUT2D eigenvalue weighted by Gasteiger charge is -1.99. The molecule has 0 N–H and O–H groups in total. The third-order valence-corrected chi connectivity index (χ3v) is 5.28. The average molecular weight is 250 g/mol. The molecule has 0 aromatic carbocycles. The van der Waals surface area contributed by atoms with E-state index >= 15 is 0 Å². The van der Waals surface area contributed by atoms with Gasteiger partial charge >= 0.3 is 0 Å². The van der Waals surface area contributed by atoms with Crippen LogP contribution in [0.25, 0.3) is 0 Å². The lowest BCUT2D eigenvalue weighted by atomic mass is 10.1. The van der Waals surface area contributed by atoms with Crippen molar-refractivity contribution in [1.82, 2.24) is 0 Å². The molecule has 0 aromatic heterocycles. The molecule has 3 heteroatoms. The molecule has 0 aromatic rings. The molecule has 0 nitrogen and oxygen atoms in total. The zero-order valence-corrected chi connectivity index (χ0v) is 12.5. The Kier molecular flexibility index (Phi) is 15.1. The van der Waals surface area contributed by atoms with E-state index in [1.807, 2.05) is 0 Å². The summed E-state index contributed by atoms with van der Waals surface area (Å²) < 4.78 is 0. The van der Waals surface area contributed by atoms with E-state index in [0.29, 0.717) is 0 Å². The maximum absolute atomic E-state index is 2.79. The van der Waals surface area contributed by atoms with E-state index in [4.69, 9.17) is 0 Å². The number of hydrogen-bond acceptors (Lipinski definition) is 0. The first-order valence-electron chi connectivity index (χ1n) is 5.89. The van der Waals surface area contributed by atoms with Crippen LogP contribution in [0, 0.1) is 0 Å². The fourth-order valence-corrected chi connectivity index (χ4v) is 3.56. The fourth-order valence-electron chi connectivity index (χ4n) is 1.49. The minimum absolute atomic E-state index is 1.00. The van der Waals surface area contributed by atoms with Crippen LogP contribution in [-0.2, 0) is 0 Å². The van der Waals surface area contributed by atoms with E-state index < -0.39 is 0 Å². The van der Waals surface area contributed by atoms with Crippen molar-refractivity contribution in [2.24, 2.45) is 0 Å². The van der Waals surface area contributed by atoms with Crippen molar-refractivity contribution in [3.8, 4) is 0 Å². The highest BCUT2D eigenvalue weighted by Crippen LogP contribution is 2.35. The van der Waals surface area contributed by atoms with Crippen molar-refractivity contribution < 1.29 is 0 Å². The quantitative estimate of drug-likeness (QED) is 0.347. The Hall–Kier alpha value is 1.03. The van der Waals surface area contributed by atoms with Crippen molar-refractivity contribution in [1.29, 1.82) is 0 Å². The first-order valence-corrected chi connectivity index (χ1v) is 10.5. The predicted octanol–water partition coefficient (Wildman–Crippen LogP) is 5.65. The molecule has 0 saturated carbocycles. The van der Waals surface area contributed by atoms with Crippen molar-refractivity contribution in [2.75, 3.05) is 0 Å². The summed E-state index contributed by atoms with van der Waals surface area (Å²) in [6.07, 6.45) is 12.8. The Morgan fingerprint density at radius 3 is 2.14 bits per heavy atom. The first-order chi connectivity index (χ1) is 6.91. The van der Waals surface area contributed by atoms with Crippen molar-refractivity contribution in [3.05, 3.63) is 0 Å². The van der Waals surface area contributed by atoms with Gasteiger partial charge in [0.2, 0.25) is 0 Å². The SMILES string of the molecule is CCCCCCCCCCC=PPP. The van der Waals surface area contributed by atoms with Crippen molar-refractivity contribution in [2.45, 2.75) is 64.7 Å². The molecular weight excluding hydrogens is 225 g/mol. The molecule has 84 valence electrons. The zero-order chi connectivity index (χ0) is 10.5. The smallest absolute Gasteiger partial charge is 0.0304 e. The molecule has 0 aliphatic rings. The molecule has 0 aliphatic heterocycles. The van der Waals surface area contributed by atoms with Crippen LogP contribution in [0.15, 0.2) is 0 Å². The van der Waals surface area contributed by atoms with Gasteiger partial charge in [0.1, 0.15) is 0 Å². The summed E-state index contributed by atoms with van der Waals surface area (Å²) in [4.78, 5) is 0. The lowest BCUT2D eigenvalue weighted by molar-refractivity contribution is 0.581. The Morgan fingerprint density at radius 2 is 1.57 bits per heavy atom. The molecule has 0 radical (unpaired) electrons. The van der Waals surface area contributed by atoms with Crippen molar-refractivity contribution >= 4 is 30.6 Å². The molecule has 2 unspecified atom stereocenters. The van der Waals surface area contributed by atoms with E-state index in [0.717, 1.165) is 7.96 Å². The Labute approximate surface area is 95.6 Å². The van der Waals surface area contributed by atoms with Crippen LogP contribution in [0.4, 0.5) is 0 Å². The zero-order valence-electron chi connectivity index (χ0n) is 9.47. The Bertz CT molecular complexity index is 124. The predicted molar refractivity (Wildman–Crippen MR) is 78.2 cm³/mol. The molecule has 0 rings (SSSR count). The molecule has 14 heavy (non-hydrogen) atoms. The van der Waals surface area contributed by atoms with Crippen LogP contribution in [-0.4, -0.2) is 5.80 Å². The minimum atomic E-state index is 1.00.